The molecule has 1 aliphatic rings. The lowest BCUT2D eigenvalue weighted by atomic mass is 10.3. The lowest BCUT2D eigenvalue weighted by Crippen LogP contribution is -2.51. The van der Waals surface area contributed by atoms with Crippen LogP contribution in [0.4, 0.5) is 0 Å². The fraction of sp³-hybridized carbons (Fsp3) is 0.818. The summed E-state index contributed by atoms with van der Waals surface area (Å²) in [5.41, 5.74) is 0. The molecule has 1 fully saturated rings. The van der Waals surface area contributed by atoms with E-state index in [9.17, 15) is 9.59 Å². The number of carbonyl (C=O) groups excluding carboxylic acids is 2. The Morgan fingerprint density at radius 1 is 1.12 bits per heavy atom. The number of hydrogen-bond donors (Lipinski definition) is 0. The Balaban J connectivity index is 2.36. The van der Waals surface area contributed by atoms with Crippen molar-refractivity contribution in [1.82, 2.24) is 14.7 Å². The fourth-order valence-corrected chi connectivity index (χ4v) is 1.71. The first-order valence-electron chi connectivity index (χ1n) is 5.76. The molecule has 0 unspecified atom stereocenters. The van der Waals surface area contributed by atoms with Crippen molar-refractivity contribution in [2.24, 2.45) is 0 Å². The van der Waals surface area contributed by atoms with Crippen molar-refractivity contribution in [3.05, 3.63) is 0 Å². The third-order valence-corrected chi connectivity index (χ3v) is 3.02. The maximum Gasteiger partial charge on any atom is 0.236 e. The Labute approximate surface area is 97.0 Å². The van der Waals surface area contributed by atoms with Crippen molar-refractivity contribution in [2.75, 3.05) is 46.3 Å². The van der Waals surface area contributed by atoms with Crippen molar-refractivity contribution < 1.29 is 9.59 Å². The van der Waals surface area contributed by atoms with Crippen molar-refractivity contribution in [2.45, 2.75) is 13.8 Å². The molecule has 0 aromatic heterocycles. The first-order valence-corrected chi connectivity index (χ1v) is 5.76. The average Bonchev–Trinajstić information content (AvgIpc) is 2.28. The van der Waals surface area contributed by atoms with Gasteiger partial charge in [0.2, 0.25) is 11.8 Å². The Bertz CT molecular complexity index is 260. The SMILES string of the molecule is CCN(C)CC(=O)N1CCN(C(C)=O)CC1. The van der Waals surface area contributed by atoms with E-state index in [4.69, 9.17) is 0 Å². The topological polar surface area (TPSA) is 43.9 Å². The summed E-state index contributed by atoms with van der Waals surface area (Å²) in [7, 11) is 1.93. The van der Waals surface area contributed by atoms with Crippen LogP contribution in [-0.2, 0) is 9.59 Å². The zero-order valence-electron chi connectivity index (χ0n) is 10.4. The van der Waals surface area contributed by atoms with Gasteiger partial charge in [-0.2, -0.15) is 0 Å². The first-order chi connectivity index (χ1) is 7.54. The Morgan fingerprint density at radius 3 is 2.06 bits per heavy atom. The molecule has 5 heteroatoms. The van der Waals surface area contributed by atoms with Gasteiger partial charge in [0, 0.05) is 33.1 Å². The summed E-state index contributed by atoms with van der Waals surface area (Å²) in [6, 6.07) is 0. The molecule has 0 bridgehead atoms. The van der Waals surface area contributed by atoms with Crippen LogP contribution in [0.5, 0.6) is 0 Å². The van der Waals surface area contributed by atoms with Gasteiger partial charge in [0.05, 0.1) is 6.54 Å². The van der Waals surface area contributed by atoms with Crippen molar-refractivity contribution >= 4 is 11.8 Å². The number of piperazine rings is 1. The molecule has 16 heavy (non-hydrogen) atoms. The predicted octanol–water partition coefficient (Wildman–Crippen LogP) is -0.371. The van der Waals surface area contributed by atoms with Gasteiger partial charge < -0.3 is 9.80 Å². The minimum atomic E-state index is 0.0952. The molecule has 0 aromatic carbocycles. The smallest absolute Gasteiger partial charge is 0.236 e. The summed E-state index contributed by atoms with van der Waals surface area (Å²) in [5.74, 6) is 0.255. The van der Waals surface area contributed by atoms with E-state index < -0.39 is 0 Å². The van der Waals surface area contributed by atoms with Crippen LogP contribution in [0.15, 0.2) is 0 Å². The zero-order valence-corrected chi connectivity index (χ0v) is 10.4. The Kier molecular flexibility index (Phi) is 4.73. The molecule has 0 aromatic rings. The number of rotatable bonds is 3. The van der Waals surface area contributed by atoms with Gasteiger partial charge in [-0.25, -0.2) is 0 Å². The van der Waals surface area contributed by atoms with Crippen LogP contribution in [0.2, 0.25) is 0 Å². The molecule has 1 aliphatic heterocycles. The molecule has 92 valence electrons. The van der Waals surface area contributed by atoms with Crippen LogP contribution in [0, 0.1) is 0 Å². The summed E-state index contributed by atoms with van der Waals surface area (Å²) < 4.78 is 0. The molecule has 1 heterocycles. The summed E-state index contributed by atoms with van der Waals surface area (Å²) in [4.78, 5) is 28.5. The molecule has 1 rings (SSSR count). The highest BCUT2D eigenvalue weighted by Crippen LogP contribution is 2.02. The highest BCUT2D eigenvalue weighted by Gasteiger charge is 2.22. The van der Waals surface area contributed by atoms with Gasteiger partial charge in [0.15, 0.2) is 0 Å². The normalized spacial score (nSPS) is 16.8. The van der Waals surface area contributed by atoms with Gasteiger partial charge in [-0.3, -0.25) is 14.5 Å². The monoisotopic (exact) mass is 227 g/mol. The standard InChI is InChI=1S/C11H21N3O2/c1-4-12(3)9-11(16)14-7-5-13(6-8-14)10(2)15/h4-9H2,1-3H3. The van der Waals surface area contributed by atoms with E-state index in [2.05, 4.69) is 0 Å². The van der Waals surface area contributed by atoms with E-state index in [0.717, 1.165) is 6.54 Å². The maximum absolute atomic E-state index is 11.8. The van der Waals surface area contributed by atoms with Gasteiger partial charge in [-0.05, 0) is 13.6 Å². The molecule has 0 radical (unpaired) electrons. The minimum absolute atomic E-state index is 0.0952. The van der Waals surface area contributed by atoms with Crippen LogP contribution >= 0.6 is 0 Å². The van der Waals surface area contributed by atoms with Gasteiger partial charge >= 0.3 is 0 Å². The van der Waals surface area contributed by atoms with E-state index in [-0.39, 0.29) is 11.8 Å². The molecule has 0 N–H and O–H groups in total. The number of hydrogen-bond acceptors (Lipinski definition) is 3. The van der Waals surface area contributed by atoms with Gasteiger partial charge in [-0.15, -0.1) is 0 Å². The summed E-state index contributed by atoms with van der Waals surface area (Å²) in [5, 5.41) is 0. The van der Waals surface area contributed by atoms with Crippen LogP contribution in [-0.4, -0.2) is 72.8 Å². The van der Waals surface area contributed by atoms with E-state index in [1.165, 1.54) is 0 Å². The van der Waals surface area contributed by atoms with Crippen LogP contribution in [0.3, 0.4) is 0 Å². The van der Waals surface area contributed by atoms with Crippen molar-refractivity contribution in [1.29, 1.82) is 0 Å². The van der Waals surface area contributed by atoms with Gasteiger partial charge in [-0.1, -0.05) is 6.92 Å². The second kappa shape index (κ2) is 5.84. The molecule has 2 amide bonds. The van der Waals surface area contributed by atoms with E-state index in [0.29, 0.717) is 32.7 Å². The Hall–Kier alpha value is -1.10. The molecule has 0 aliphatic carbocycles. The number of likely N-dealkylation sites (N-methyl/N-ethyl adjacent to an activating group) is 1. The predicted molar refractivity (Wildman–Crippen MR) is 62.0 cm³/mol. The van der Waals surface area contributed by atoms with Gasteiger partial charge in [0.25, 0.3) is 0 Å². The molecule has 1 saturated heterocycles. The molecular formula is C11H21N3O2. The lowest BCUT2D eigenvalue weighted by Gasteiger charge is -2.34. The second-order valence-corrected chi connectivity index (χ2v) is 4.22. The third-order valence-electron chi connectivity index (χ3n) is 3.02. The maximum atomic E-state index is 11.8. The number of amides is 2. The third kappa shape index (κ3) is 3.48. The number of carbonyl (C=O) groups is 2. The van der Waals surface area contributed by atoms with Gasteiger partial charge in [0.1, 0.15) is 0 Å². The molecular weight excluding hydrogens is 206 g/mol. The summed E-state index contributed by atoms with van der Waals surface area (Å²) in [6.45, 7) is 7.60. The summed E-state index contributed by atoms with van der Waals surface area (Å²) in [6.07, 6.45) is 0. The van der Waals surface area contributed by atoms with Crippen molar-refractivity contribution in [3.8, 4) is 0 Å². The molecule has 0 spiro atoms. The van der Waals surface area contributed by atoms with Crippen LogP contribution in [0.1, 0.15) is 13.8 Å². The van der Waals surface area contributed by atoms with E-state index >= 15 is 0 Å². The number of nitrogens with zero attached hydrogens (tertiary/aromatic N) is 3. The minimum Gasteiger partial charge on any atom is -0.339 e. The quantitative estimate of drug-likeness (QED) is 0.660. The van der Waals surface area contributed by atoms with Crippen LogP contribution in [0.25, 0.3) is 0 Å². The Morgan fingerprint density at radius 2 is 1.62 bits per heavy atom. The second-order valence-electron chi connectivity index (χ2n) is 4.22. The zero-order chi connectivity index (χ0) is 12.1. The average molecular weight is 227 g/mol. The largest absolute Gasteiger partial charge is 0.339 e. The van der Waals surface area contributed by atoms with E-state index in [1.54, 1.807) is 11.8 Å². The summed E-state index contributed by atoms with van der Waals surface area (Å²) >= 11 is 0. The molecule has 5 nitrogen and oxygen atoms in total. The lowest BCUT2D eigenvalue weighted by molar-refractivity contribution is -0.138. The molecule has 0 saturated carbocycles. The highest BCUT2D eigenvalue weighted by atomic mass is 16.2. The highest BCUT2D eigenvalue weighted by molar-refractivity contribution is 5.79. The fourth-order valence-electron chi connectivity index (χ4n) is 1.71. The van der Waals surface area contributed by atoms with Crippen LogP contribution < -0.4 is 0 Å². The first kappa shape index (κ1) is 13.0. The molecule has 0 atom stereocenters. The van der Waals surface area contributed by atoms with Crippen molar-refractivity contribution in [3.63, 3.8) is 0 Å². The van der Waals surface area contributed by atoms with E-state index in [1.807, 2.05) is 23.8 Å².